The van der Waals surface area contributed by atoms with Crippen molar-refractivity contribution in [3.05, 3.63) is 59.4 Å². The van der Waals surface area contributed by atoms with E-state index in [4.69, 9.17) is 0 Å². The van der Waals surface area contributed by atoms with Gasteiger partial charge >= 0.3 is 0 Å². The van der Waals surface area contributed by atoms with Crippen LogP contribution in [-0.4, -0.2) is 32.7 Å². The lowest BCUT2D eigenvalue weighted by Gasteiger charge is -2.35. The van der Waals surface area contributed by atoms with E-state index in [9.17, 15) is 0 Å². The molecule has 1 fully saturated rings. The summed E-state index contributed by atoms with van der Waals surface area (Å²) in [7, 11) is 0. The summed E-state index contributed by atoms with van der Waals surface area (Å²) >= 11 is 1.88. The number of likely N-dealkylation sites (tertiary alicyclic amines) is 1. The molecule has 0 radical (unpaired) electrons. The van der Waals surface area contributed by atoms with Crippen molar-refractivity contribution in [2.24, 2.45) is 0 Å². The van der Waals surface area contributed by atoms with Gasteiger partial charge in [0.1, 0.15) is 0 Å². The van der Waals surface area contributed by atoms with Crippen molar-refractivity contribution >= 4 is 11.3 Å². The number of nitrogens with one attached hydrogen (secondary N) is 1. The first-order valence-electron chi connectivity index (χ1n) is 9.11. The zero-order valence-corrected chi connectivity index (χ0v) is 15.2. The first kappa shape index (κ1) is 16.5. The van der Waals surface area contributed by atoms with E-state index in [0.717, 1.165) is 18.7 Å². The highest BCUT2D eigenvalue weighted by Gasteiger charge is 2.23. The Balaban J connectivity index is 1.39. The Morgan fingerprint density at radius 1 is 1.12 bits per heavy atom. The highest BCUT2D eigenvalue weighted by molar-refractivity contribution is 7.15. The largest absolute Gasteiger partial charge is 0.295 e. The van der Waals surface area contributed by atoms with Crippen LogP contribution < -0.4 is 0 Å². The molecule has 0 aliphatic carbocycles. The van der Waals surface area contributed by atoms with Gasteiger partial charge in [-0.1, -0.05) is 12.5 Å². The van der Waals surface area contributed by atoms with E-state index in [0.29, 0.717) is 6.04 Å². The van der Waals surface area contributed by atoms with Gasteiger partial charge in [0.2, 0.25) is 0 Å². The van der Waals surface area contributed by atoms with Crippen molar-refractivity contribution in [3.8, 4) is 10.6 Å². The molecule has 0 saturated carbocycles. The van der Waals surface area contributed by atoms with Gasteiger partial charge in [-0.05, 0) is 62.6 Å². The van der Waals surface area contributed by atoms with Crippen LogP contribution in [-0.2, 0) is 13.0 Å². The summed E-state index contributed by atoms with van der Waals surface area (Å²) in [6, 6.07) is 13.4. The summed E-state index contributed by atoms with van der Waals surface area (Å²) in [6.45, 7) is 2.27. The zero-order chi connectivity index (χ0) is 16.9. The van der Waals surface area contributed by atoms with Gasteiger partial charge in [0.25, 0.3) is 0 Å². The van der Waals surface area contributed by atoms with Crippen LogP contribution in [0.5, 0.6) is 0 Å². The topological polar surface area (TPSA) is 44.8 Å². The maximum absolute atomic E-state index is 4.48. The van der Waals surface area contributed by atoms with E-state index in [-0.39, 0.29) is 0 Å². The molecule has 4 nitrogen and oxygen atoms in total. The second kappa shape index (κ2) is 7.93. The Hall–Kier alpha value is -1.98. The SMILES string of the molecule is c1ccc(CCC2CCCCN2Cc2ccc(-c3ccn[nH]3)s2)nc1. The summed E-state index contributed by atoms with van der Waals surface area (Å²) in [5.41, 5.74) is 2.33. The molecule has 1 saturated heterocycles. The molecule has 1 unspecified atom stereocenters. The summed E-state index contributed by atoms with van der Waals surface area (Å²) in [6.07, 6.45) is 9.98. The van der Waals surface area contributed by atoms with Gasteiger partial charge < -0.3 is 0 Å². The number of hydrogen-bond donors (Lipinski definition) is 1. The number of aryl methyl sites for hydroxylation is 1. The number of H-pyrrole nitrogens is 1. The first-order valence-corrected chi connectivity index (χ1v) is 9.92. The quantitative estimate of drug-likeness (QED) is 0.709. The van der Waals surface area contributed by atoms with E-state index < -0.39 is 0 Å². The van der Waals surface area contributed by atoms with Crippen LogP contribution in [0.25, 0.3) is 10.6 Å². The Kier molecular flexibility index (Phi) is 5.23. The van der Waals surface area contributed by atoms with Crippen molar-refractivity contribution in [1.29, 1.82) is 0 Å². The minimum atomic E-state index is 0.675. The molecule has 4 heterocycles. The standard InChI is InChI=1S/C20H24N4S/c1-3-12-21-16(5-1)7-8-17-6-2-4-14-24(17)15-18-9-10-20(25-18)19-11-13-22-23-19/h1,3,5,9-13,17H,2,4,6-8,14-15H2,(H,22,23). The van der Waals surface area contributed by atoms with Gasteiger partial charge in [-0.3, -0.25) is 15.0 Å². The maximum atomic E-state index is 4.48. The number of nitrogens with zero attached hydrogens (tertiary/aromatic N) is 3. The van der Waals surface area contributed by atoms with Gasteiger partial charge in [-0.25, -0.2) is 0 Å². The van der Waals surface area contributed by atoms with Crippen LogP contribution in [0.2, 0.25) is 0 Å². The third kappa shape index (κ3) is 4.17. The molecular weight excluding hydrogens is 328 g/mol. The van der Waals surface area contributed by atoms with Gasteiger partial charge in [-0.15, -0.1) is 11.3 Å². The first-order chi connectivity index (χ1) is 12.4. The predicted molar refractivity (Wildman–Crippen MR) is 103 cm³/mol. The maximum Gasteiger partial charge on any atom is 0.0749 e. The van der Waals surface area contributed by atoms with Crippen LogP contribution >= 0.6 is 11.3 Å². The number of aromatic nitrogens is 3. The Labute approximate surface area is 152 Å². The van der Waals surface area contributed by atoms with Crippen LogP contribution in [0.1, 0.15) is 36.3 Å². The number of pyridine rings is 1. The second-order valence-corrected chi connectivity index (χ2v) is 7.88. The van der Waals surface area contributed by atoms with Crippen molar-refractivity contribution in [2.75, 3.05) is 6.54 Å². The van der Waals surface area contributed by atoms with E-state index >= 15 is 0 Å². The van der Waals surface area contributed by atoms with Crippen LogP contribution in [0.15, 0.2) is 48.8 Å². The number of rotatable bonds is 6. The number of aromatic amines is 1. The lowest BCUT2D eigenvalue weighted by Crippen LogP contribution is -2.39. The molecule has 3 aromatic heterocycles. The fraction of sp³-hybridized carbons (Fsp3) is 0.400. The van der Waals surface area contributed by atoms with Gasteiger partial charge in [0.05, 0.1) is 10.6 Å². The van der Waals surface area contributed by atoms with Crippen molar-refractivity contribution in [3.63, 3.8) is 0 Å². The smallest absolute Gasteiger partial charge is 0.0749 e. The summed E-state index contributed by atoms with van der Waals surface area (Å²) < 4.78 is 0. The molecule has 0 spiro atoms. The minimum Gasteiger partial charge on any atom is -0.295 e. The molecule has 130 valence electrons. The number of piperidine rings is 1. The molecule has 5 heteroatoms. The molecule has 0 amide bonds. The van der Waals surface area contributed by atoms with Gasteiger partial charge in [-0.2, -0.15) is 5.10 Å². The van der Waals surface area contributed by atoms with E-state index in [1.807, 2.05) is 35.9 Å². The van der Waals surface area contributed by atoms with Crippen LogP contribution in [0.3, 0.4) is 0 Å². The van der Waals surface area contributed by atoms with Gasteiger partial charge in [0.15, 0.2) is 0 Å². The predicted octanol–water partition coefficient (Wildman–Crippen LogP) is 4.52. The molecule has 25 heavy (non-hydrogen) atoms. The number of hydrogen-bond acceptors (Lipinski definition) is 4. The molecule has 4 rings (SSSR count). The Bertz CT molecular complexity index is 766. The van der Waals surface area contributed by atoms with Gasteiger partial charge in [0, 0.05) is 35.6 Å². The highest BCUT2D eigenvalue weighted by Crippen LogP contribution is 2.29. The van der Waals surface area contributed by atoms with Crippen molar-refractivity contribution < 1.29 is 0 Å². The third-order valence-corrected chi connectivity index (χ3v) is 6.10. The summed E-state index contributed by atoms with van der Waals surface area (Å²) in [5, 5.41) is 7.11. The normalized spacial score (nSPS) is 18.5. The molecule has 0 aromatic carbocycles. The fourth-order valence-corrected chi connectivity index (χ4v) is 4.67. The second-order valence-electron chi connectivity index (χ2n) is 6.72. The third-order valence-electron chi connectivity index (χ3n) is 5.00. The lowest BCUT2D eigenvalue weighted by atomic mass is 9.97. The highest BCUT2D eigenvalue weighted by atomic mass is 32.1. The molecular formula is C20H24N4S. The monoisotopic (exact) mass is 352 g/mol. The summed E-state index contributed by atoms with van der Waals surface area (Å²) in [4.78, 5) is 9.87. The molecule has 1 N–H and O–H groups in total. The molecule has 1 aliphatic rings. The van der Waals surface area contributed by atoms with E-state index in [1.165, 1.54) is 47.7 Å². The zero-order valence-electron chi connectivity index (χ0n) is 14.4. The Morgan fingerprint density at radius 2 is 2.12 bits per heavy atom. The van der Waals surface area contributed by atoms with Crippen molar-refractivity contribution in [1.82, 2.24) is 20.1 Å². The minimum absolute atomic E-state index is 0.675. The molecule has 3 aromatic rings. The average molecular weight is 353 g/mol. The van der Waals surface area contributed by atoms with Crippen molar-refractivity contribution in [2.45, 2.75) is 44.7 Å². The van der Waals surface area contributed by atoms with E-state index in [1.54, 1.807) is 0 Å². The Morgan fingerprint density at radius 3 is 2.96 bits per heavy atom. The molecule has 1 aliphatic heterocycles. The summed E-state index contributed by atoms with van der Waals surface area (Å²) in [5.74, 6) is 0. The molecule has 1 atom stereocenters. The average Bonchev–Trinajstić information content (AvgIpc) is 3.33. The van der Waals surface area contributed by atoms with Crippen LogP contribution in [0, 0.1) is 0 Å². The fourth-order valence-electron chi connectivity index (χ4n) is 3.66. The van der Waals surface area contributed by atoms with E-state index in [2.05, 4.69) is 44.3 Å². The van der Waals surface area contributed by atoms with Crippen LogP contribution in [0.4, 0.5) is 0 Å². The lowest BCUT2D eigenvalue weighted by molar-refractivity contribution is 0.133. The molecule has 0 bridgehead atoms. The number of thiophene rings is 1.